The normalized spacial score (nSPS) is 17.2. The number of aryl methyl sites for hydroxylation is 1. The summed E-state index contributed by atoms with van der Waals surface area (Å²) in [7, 11) is 1.62. The van der Waals surface area contributed by atoms with E-state index in [1.165, 1.54) is 10.8 Å². The Kier molecular flexibility index (Phi) is 11.1. The van der Waals surface area contributed by atoms with Crippen molar-refractivity contribution >= 4 is 23.4 Å². The lowest BCUT2D eigenvalue weighted by atomic mass is 9.80. The Morgan fingerprint density at radius 3 is 1.98 bits per heavy atom. The van der Waals surface area contributed by atoms with E-state index in [2.05, 4.69) is 39.9 Å². The van der Waals surface area contributed by atoms with Crippen LogP contribution in [-0.4, -0.2) is 53.2 Å². The van der Waals surface area contributed by atoms with Crippen LogP contribution in [0.3, 0.4) is 0 Å². The molecule has 8 rings (SSSR count). The van der Waals surface area contributed by atoms with Gasteiger partial charge in [0, 0.05) is 24.1 Å². The van der Waals surface area contributed by atoms with Crippen LogP contribution >= 0.6 is 12.2 Å². The van der Waals surface area contributed by atoms with Crippen molar-refractivity contribution in [3.8, 4) is 16.9 Å². The quantitative estimate of drug-likeness (QED) is 0.0944. The number of thiocarbonyl (C=S) groups is 1. The van der Waals surface area contributed by atoms with E-state index in [1.54, 1.807) is 14.0 Å². The summed E-state index contributed by atoms with van der Waals surface area (Å²) in [5.74, 6) is 0.577. The van der Waals surface area contributed by atoms with Crippen LogP contribution in [0.4, 0.5) is 4.79 Å². The van der Waals surface area contributed by atoms with Crippen LogP contribution in [0.15, 0.2) is 149 Å². The number of H-pyrrole nitrogens is 1. The molecule has 0 saturated carbocycles. The third kappa shape index (κ3) is 7.57. The van der Waals surface area contributed by atoms with Gasteiger partial charge in [-0.3, -0.25) is 19.7 Å². The molecule has 2 aliphatic rings. The van der Waals surface area contributed by atoms with Crippen LogP contribution in [0.2, 0.25) is 0 Å². The van der Waals surface area contributed by atoms with E-state index in [0.717, 1.165) is 38.9 Å². The first-order chi connectivity index (χ1) is 28.2. The minimum atomic E-state index is -1.10. The van der Waals surface area contributed by atoms with E-state index in [4.69, 9.17) is 31.2 Å². The Morgan fingerprint density at radius 1 is 0.810 bits per heavy atom. The third-order valence-corrected chi connectivity index (χ3v) is 11.1. The number of carbonyl (C=O) groups is 1. The lowest BCUT2D eigenvalue weighted by Crippen LogP contribution is -2.49. The molecule has 0 unspecified atom stereocenters. The molecule has 1 aliphatic heterocycles. The van der Waals surface area contributed by atoms with E-state index in [1.807, 2.05) is 109 Å². The van der Waals surface area contributed by atoms with Gasteiger partial charge in [-0.2, -0.15) is 0 Å². The van der Waals surface area contributed by atoms with Crippen LogP contribution in [0.5, 0.6) is 5.75 Å². The predicted octanol–water partition coefficient (Wildman–Crippen LogP) is 6.93. The molecule has 0 radical (unpaired) electrons. The first-order valence-corrected chi connectivity index (χ1v) is 19.5. The monoisotopic (exact) mass is 794 g/mol. The highest BCUT2D eigenvalue weighted by Crippen LogP contribution is 2.45. The molecule has 58 heavy (non-hydrogen) atoms. The van der Waals surface area contributed by atoms with Gasteiger partial charge in [0.25, 0.3) is 5.56 Å². The molecule has 1 aliphatic carbocycles. The maximum atomic E-state index is 13.3. The van der Waals surface area contributed by atoms with Gasteiger partial charge in [0.1, 0.15) is 30.3 Å². The topological polar surface area (TPSA) is 133 Å². The molecular weight excluding hydrogens is 753 g/mol. The number of alkyl carbamates (subject to hydrolysis) is 1. The fourth-order valence-corrected chi connectivity index (χ4v) is 8.30. The number of ether oxygens (including phenoxy) is 4. The van der Waals surface area contributed by atoms with Gasteiger partial charge in [-0.1, -0.05) is 121 Å². The molecule has 5 aromatic carbocycles. The fourth-order valence-electron chi connectivity index (χ4n) is 8.07. The number of aromatic nitrogens is 2. The van der Waals surface area contributed by atoms with Crippen molar-refractivity contribution in [2.45, 2.75) is 43.2 Å². The first-order valence-electron chi connectivity index (χ1n) is 19.0. The van der Waals surface area contributed by atoms with Crippen molar-refractivity contribution in [1.29, 1.82) is 0 Å². The summed E-state index contributed by atoms with van der Waals surface area (Å²) in [5.41, 5.74) is 5.22. The van der Waals surface area contributed by atoms with Gasteiger partial charge in [0.15, 0.2) is 5.11 Å². The van der Waals surface area contributed by atoms with Crippen molar-refractivity contribution in [2.75, 3.05) is 20.3 Å². The standard InChI is InChI=1S/C46H42N4O7S/c1-29-26-50(44(52)48-42(29)51)41-25-39(47-43(58)49-45(53)55-27-38-36-19-11-9-17-34(36)35-18-10-12-20-37(35)38)40(57-41)28-56-46(30-13-5-3-6-14-30,31-15-7-4-8-16-31)32-21-23-33(54-2)24-22-32/h3-24,26,38-41H,25,27-28H2,1-2H3,(H,48,51,52)(H2,47,49,53,58)/t39-,40+,41+/m0/s1. The van der Waals surface area contributed by atoms with Crippen LogP contribution in [-0.2, 0) is 19.8 Å². The number of rotatable bonds is 11. The number of aromatic amines is 1. The minimum absolute atomic E-state index is 0.0222. The Hall–Kier alpha value is -6.34. The van der Waals surface area contributed by atoms with Crippen molar-refractivity contribution in [3.63, 3.8) is 0 Å². The molecule has 6 aromatic rings. The van der Waals surface area contributed by atoms with Crippen molar-refractivity contribution < 1.29 is 23.7 Å². The van der Waals surface area contributed by atoms with Crippen LogP contribution in [0, 0.1) is 6.92 Å². The smallest absolute Gasteiger partial charge is 0.413 e. The fraction of sp³-hybridized carbons (Fsp3) is 0.217. The number of fused-ring (bicyclic) bond motifs is 3. The number of methoxy groups -OCH3 is 1. The number of hydrogen-bond acceptors (Lipinski definition) is 8. The van der Waals surface area contributed by atoms with E-state index < -0.39 is 41.3 Å². The summed E-state index contributed by atoms with van der Waals surface area (Å²) in [5, 5.41) is 5.95. The number of carbonyl (C=O) groups excluding carboxylic acids is 1. The summed E-state index contributed by atoms with van der Waals surface area (Å²) in [6, 6.07) is 43.2. The average molecular weight is 795 g/mol. The minimum Gasteiger partial charge on any atom is -0.497 e. The molecule has 0 spiro atoms. The predicted molar refractivity (Wildman–Crippen MR) is 224 cm³/mol. The summed E-state index contributed by atoms with van der Waals surface area (Å²) < 4.78 is 26.4. The zero-order chi connectivity index (χ0) is 40.2. The van der Waals surface area contributed by atoms with E-state index >= 15 is 0 Å². The van der Waals surface area contributed by atoms with E-state index in [0.29, 0.717) is 11.3 Å². The molecule has 1 aromatic heterocycles. The maximum Gasteiger partial charge on any atom is 0.413 e. The molecular formula is C46H42N4O7S. The number of nitrogens with one attached hydrogen (secondary N) is 3. The molecule has 3 atom stereocenters. The Balaban J connectivity index is 1.05. The van der Waals surface area contributed by atoms with Crippen molar-refractivity contribution in [2.24, 2.45) is 0 Å². The van der Waals surface area contributed by atoms with Gasteiger partial charge in [-0.15, -0.1) is 0 Å². The lowest BCUT2D eigenvalue weighted by molar-refractivity contribution is -0.0805. The van der Waals surface area contributed by atoms with Crippen LogP contribution < -0.4 is 26.6 Å². The molecule has 11 nitrogen and oxygen atoms in total. The van der Waals surface area contributed by atoms with Crippen molar-refractivity contribution in [1.82, 2.24) is 20.2 Å². The zero-order valence-corrected chi connectivity index (χ0v) is 32.7. The van der Waals surface area contributed by atoms with Crippen LogP contribution in [0.25, 0.3) is 11.1 Å². The molecule has 1 saturated heterocycles. The molecule has 12 heteroatoms. The van der Waals surface area contributed by atoms with Gasteiger partial charge < -0.3 is 24.3 Å². The largest absolute Gasteiger partial charge is 0.497 e. The highest BCUT2D eigenvalue weighted by Gasteiger charge is 2.43. The highest BCUT2D eigenvalue weighted by molar-refractivity contribution is 7.80. The second-order valence-electron chi connectivity index (χ2n) is 14.3. The Morgan fingerprint density at radius 2 is 1.38 bits per heavy atom. The summed E-state index contributed by atoms with van der Waals surface area (Å²) in [4.78, 5) is 41.0. The van der Waals surface area contributed by atoms with Crippen LogP contribution in [0.1, 0.15) is 51.9 Å². The number of benzene rings is 5. The number of amides is 1. The maximum absolute atomic E-state index is 13.3. The highest BCUT2D eigenvalue weighted by atomic mass is 32.1. The lowest BCUT2D eigenvalue weighted by Gasteiger charge is -2.37. The summed E-state index contributed by atoms with van der Waals surface area (Å²) >= 11 is 5.68. The molecule has 3 N–H and O–H groups in total. The zero-order valence-electron chi connectivity index (χ0n) is 31.9. The summed E-state index contributed by atoms with van der Waals surface area (Å²) in [6.45, 7) is 1.76. The Bertz CT molecular complexity index is 2460. The second-order valence-corrected chi connectivity index (χ2v) is 14.7. The van der Waals surface area contributed by atoms with Gasteiger partial charge in [0.2, 0.25) is 0 Å². The molecule has 1 fully saturated rings. The van der Waals surface area contributed by atoms with Gasteiger partial charge in [-0.05, 0) is 70.2 Å². The number of nitrogens with zero attached hydrogens (tertiary/aromatic N) is 1. The van der Waals surface area contributed by atoms with E-state index in [9.17, 15) is 14.4 Å². The first kappa shape index (κ1) is 38.5. The molecule has 2 heterocycles. The third-order valence-electron chi connectivity index (χ3n) is 10.9. The average Bonchev–Trinajstić information content (AvgIpc) is 3.80. The SMILES string of the molecule is COc1ccc(C(OC[C@H]2O[C@@H](n3cc(C)c(=O)[nH]c3=O)C[C@@H]2NC(=S)NC(=O)OCC2c3ccccc3-c3ccccc32)(c2ccccc2)c2ccccc2)cc1. The molecule has 1 amide bonds. The van der Waals surface area contributed by atoms with Gasteiger partial charge in [0.05, 0.1) is 19.8 Å². The Labute approximate surface area is 340 Å². The van der Waals surface area contributed by atoms with Crippen molar-refractivity contribution in [3.05, 3.63) is 194 Å². The summed E-state index contributed by atoms with van der Waals surface area (Å²) in [6.07, 6.45) is -0.471. The van der Waals surface area contributed by atoms with E-state index in [-0.39, 0.29) is 30.7 Å². The molecule has 0 bridgehead atoms. The number of hydrogen-bond donors (Lipinski definition) is 3. The van der Waals surface area contributed by atoms with Gasteiger partial charge >= 0.3 is 11.8 Å². The van der Waals surface area contributed by atoms with Gasteiger partial charge in [-0.25, -0.2) is 9.59 Å². The second kappa shape index (κ2) is 16.6. The molecule has 294 valence electrons.